The Morgan fingerprint density at radius 1 is 1.10 bits per heavy atom. The predicted octanol–water partition coefficient (Wildman–Crippen LogP) is 2.99. The largest absolute Gasteiger partial charge is 0.341 e. The summed E-state index contributed by atoms with van der Waals surface area (Å²) in [7, 11) is 0. The molecule has 0 saturated heterocycles. The molecular weight excluding hydrogens is 248 g/mol. The van der Waals surface area contributed by atoms with Crippen molar-refractivity contribution in [1.82, 2.24) is 4.90 Å². The van der Waals surface area contributed by atoms with Crippen molar-refractivity contribution in [3.63, 3.8) is 0 Å². The minimum atomic E-state index is -0.425. The Bertz CT molecular complexity index is 370. The molecule has 2 N–H and O–H groups in total. The first-order valence-corrected chi connectivity index (χ1v) is 7.77. The van der Waals surface area contributed by atoms with Gasteiger partial charge in [-0.25, -0.2) is 0 Å². The molecule has 0 saturated carbocycles. The summed E-state index contributed by atoms with van der Waals surface area (Å²) in [6.07, 6.45) is 4.92. The van der Waals surface area contributed by atoms with Gasteiger partial charge in [0.15, 0.2) is 0 Å². The fourth-order valence-electron chi connectivity index (χ4n) is 2.22. The van der Waals surface area contributed by atoms with Gasteiger partial charge in [-0.2, -0.15) is 0 Å². The van der Waals surface area contributed by atoms with Crippen LogP contribution in [0.2, 0.25) is 0 Å². The average Bonchev–Trinajstić information content (AvgIpc) is 2.48. The maximum atomic E-state index is 12.5. The fourth-order valence-corrected chi connectivity index (χ4v) is 2.22. The van der Waals surface area contributed by atoms with E-state index < -0.39 is 6.04 Å². The second kappa shape index (κ2) is 9.54. The van der Waals surface area contributed by atoms with Crippen LogP contribution in [0.3, 0.4) is 0 Å². The highest BCUT2D eigenvalue weighted by Crippen LogP contribution is 2.07. The van der Waals surface area contributed by atoms with E-state index >= 15 is 0 Å². The van der Waals surface area contributed by atoms with Gasteiger partial charge in [0.2, 0.25) is 5.91 Å². The topological polar surface area (TPSA) is 46.3 Å². The smallest absolute Gasteiger partial charge is 0.239 e. The number of nitrogens with zero attached hydrogens (tertiary/aromatic N) is 1. The number of carbonyl (C=O) groups excluding carboxylic acids is 1. The fraction of sp³-hybridized carbons (Fsp3) is 0.588. The third-order valence-electron chi connectivity index (χ3n) is 3.49. The van der Waals surface area contributed by atoms with Gasteiger partial charge in [0.05, 0.1) is 6.04 Å². The predicted molar refractivity (Wildman–Crippen MR) is 84.5 cm³/mol. The molecule has 0 aromatic heterocycles. The summed E-state index contributed by atoms with van der Waals surface area (Å²) in [6.45, 7) is 5.95. The lowest BCUT2D eigenvalue weighted by Crippen LogP contribution is -2.45. The second-order valence-electron chi connectivity index (χ2n) is 5.33. The quantitative estimate of drug-likeness (QED) is 0.753. The molecule has 0 aliphatic rings. The van der Waals surface area contributed by atoms with Crippen LogP contribution in [0.15, 0.2) is 30.3 Å². The summed E-state index contributed by atoms with van der Waals surface area (Å²) in [5.41, 5.74) is 7.23. The van der Waals surface area contributed by atoms with Crippen LogP contribution in [0.1, 0.15) is 45.1 Å². The first-order chi connectivity index (χ1) is 9.69. The van der Waals surface area contributed by atoms with Gasteiger partial charge in [-0.3, -0.25) is 4.79 Å². The Labute approximate surface area is 123 Å². The minimum Gasteiger partial charge on any atom is -0.341 e. The number of nitrogens with two attached hydrogens (primary N) is 1. The lowest BCUT2D eigenvalue weighted by Gasteiger charge is -2.25. The zero-order chi connectivity index (χ0) is 14.8. The highest BCUT2D eigenvalue weighted by atomic mass is 16.2. The van der Waals surface area contributed by atoms with Gasteiger partial charge >= 0.3 is 0 Å². The third kappa shape index (κ3) is 5.74. The molecular formula is C17H28N2O. The zero-order valence-corrected chi connectivity index (χ0v) is 12.8. The van der Waals surface area contributed by atoms with Crippen LogP contribution in [-0.2, 0) is 11.2 Å². The number of rotatable bonds is 9. The van der Waals surface area contributed by atoms with Gasteiger partial charge in [-0.05, 0) is 24.8 Å². The van der Waals surface area contributed by atoms with Crippen molar-refractivity contribution >= 4 is 5.91 Å². The first kappa shape index (κ1) is 16.7. The number of benzene rings is 1. The molecule has 0 radical (unpaired) electrons. The van der Waals surface area contributed by atoms with Crippen LogP contribution in [0, 0.1) is 0 Å². The third-order valence-corrected chi connectivity index (χ3v) is 3.49. The van der Waals surface area contributed by atoms with Crippen molar-refractivity contribution in [3.05, 3.63) is 35.9 Å². The molecule has 20 heavy (non-hydrogen) atoms. The van der Waals surface area contributed by atoms with E-state index in [-0.39, 0.29) is 5.91 Å². The highest BCUT2D eigenvalue weighted by Gasteiger charge is 2.20. The van der Waals surface area contributed by atoms with E-state index in [0.717, 1.165) is 44.3 Å². The van der Waals surface area contributed by atoms with Gasteiger partial charge < -0.3 is 10.6 Å². The molecule has 3 heteroatoms. The standard InChI is InChI=1S/C17H28N2O/c1-3-5-12-19(13-6-4-2)17(20)16(18)14-15-10-8-7-9-11-15/h7-11,16H,3-6,12-14,18H2,1-2H3/t16-/m1/s1. The van der Waals surface area contributed by atoms with Crippen LogP contribution < -0.4 is 5.73 Å². The first-order valence-electron chi connectivity index (χ1n) is 7.77. The van der Waals surface area contributed by atoms with Crippen LogP contribution in [0.4, 0.5) is 0 Å². The van der Waals surface area contributed by atoms with E-state index in [2.05, 4.69) is 13.8 Å². The van der Waals surface area contributed by atoms with Crippen molar-refractivity contribution in [1.29, 1.82) is 0 Å². The summed E-state index contributed by atoms with van der Waals surface area (Å²) in [6, 6.07) is 9.57. The highest BCUT2D eigenvalue weighted by molar-refractivity contribution is 5.82. The molecule has 1 aromatic rings. The van der Waals surface area contributed by atoms with E-state index in [1.54, 1.807) is 0 Å². The van der Waals surface area contributed by atoms with Gasteiger partial charge in [-0.15, -0.1) is 0 Å². The Kier molecular flexibility index (Phi) is 7.97. The van der Waals surface area contributed by atoms with Crippen LogP contribution in [-0.4, -0.2) is 29.9 Å². The number of hydrogen-bond acceptors (Lipinski definition) is 2. The normalized spacial score (nSPS) is 12.2. The molecule has 0 aliphatic heterocycles. The average molecular weight is 276 g/mol. The Hall–Kier alpha value is -1.35. The molecule has 112 valence electrons. The van der Waals surface area contributed by atoms with Gasteiger partial charge in [0, 0.05) is 13.1 Å². The van der Waals surface area contributed by atoms with Crippen LogP contribution >= 0.6 is 0 Å². The van der Waals surface area contributed by atoms with E-state index in [9.17, 15) is 4.79 Å². The minimum absolute atomic E-state index is 0.0933. The molecule has 0 unspecified atom stereocenters. The lowest BCUT2D eigenvalue weighted by molar-refractivity contribution is -0.132. The molecule has 3 nitrogen and oxygen atoms in total. The molecule has 1 amide bonds. The van der Waals surface area contributed by atoms with E-state index in [1.165, 1.54) is 0 Å². The SMILES string of the molecule is CCCCN(CCCC)C(=O)[C@H](N)Cc1ccccc1. The number of amides is 1. The molecule has 1 atom stereocenters. The van der Waals surface area contributed by atoms with Crippen LogP contribution in [0.5, 0.6) is 0 Å². The van der Waals surface area contributed by atoms with Gasteiger partial charge in [-0.1, -0.05) is 57.0 Å². The molecule has 0 spiro atoms. The molecule has 1 aromatic carbocycles. The van der Waals surface area contributed by atoms with E-state index in [1.807, 2.05) is 35.2 Å². The Morgan fingerprint density at radius 3 is 2.15 bits per heavy atom. The van der Waals surface area contributed by atoms with Crippen molar-refractivity contribution in [2.45, 2.75) is 52.0 Å². The van der Waals surface area contributed by atoms with E-state index in [4.69, 9.17) is 5.73 Å². The van der Waals surface area contributed by atoms with Crippen molar-refractivity contribution in [2.24, 2.45) is 5.73 Å². The summed E-state index contributed by atoms with van der Waals surface area (Å²) in [5.74, 6) is 0.0933. The Balaban J connectivity index is 2.57. The number of carbonyl (C=O) groups is 1. The Morgan fingerprint density at radius 2 is 1.65 bits per heavy atom. The monoisotopic (exact) mass is 276 g/mol. The van der Waals surface area contributed by atoms with Crippen molar-refractivity contribution in [2.75, 3.05) is 13.1 Å². The van der Waals surface area contributed by atoms with Crippen molar-refractivity contribution < 1.29 is 4.79 Å². The van der Waals surface area contributed by atoms with Crippen LogP contribution in [0.25, 0.3) is 0 Å². The maximum absolute atomic E-state index is 12.5. The number of unbranched alkanes of at least 4 members (excludes halogenated alkanes) is 2. The van der Waals surface area contributed by atoms with Gasteiger partial charge in [0.25, 0.3) is 0 Å². The number of hydrogen-bond donors (Lipinski definition) is 1. The molecule has 0 fully saturated rings. The lowest BCUT2D eigenvalue weighted by atomic mass is 10.1. The molecule has 0 aliphatic carbocycles. The zero-order valence-electron chi connectivity index (χ0n) is 12.8. The maximum Gasteiger partial charge on any atom is 0.239 e. The summed E-state index contributed by atoms with van der Waals surface area (Å²) < 4.78 is 0. The molecule has 0 bridgehead atoms. The second-order valence-corrected chi connectivity index (χ2v) is 5.33. The van der Waals surface area contributed by atoms with E-state index in [0.29, 0.717) is 6.42 Å². The molecule has 0 heterocycles. The summed E-state index contributed by atoms with van der Waals surface area (Å²) >= 11 is 0. The van der Waals surface area contributed by atoms with Gasteiger partial charge in [0.1, 0.15) is 0 Å². The molecule has 1 rings (SSSR count). The summed E-state index contributed by atoms with van der Waals surface area (Å²) in [4.78, 5) is 14.4. The summed E-state index contributed by atoms with van der Waals surface area (Å²) in [5, 5.41) is 0. The van der Waals surface area contributed by atoms with Crippen molar-refractivity contribution in [3.8, 4) is 0 Å².